The van der Waals surface area contributed by atoms with E-state index in [0.717, 1.165) is 5.56 Å². The molecule has 1 fully saturated rings. The van der Waals surface area contributed by atoms with E-state index in [1.807, 2.05) is 48.2 Å². The second-order valence-corrected chi connectivity index (χ2v) is 8.70. The van der Waals surface area contributed by atoms with Crippen LogP contribution in [0, 0.1) is 0 Å². The highest BCUT2D eigenvalue weighted by Gasteiger charge is 2.23. The lowest BCUT2D eigenvalue weighted by Crippen LogP contribution is -2.49. The summed E-state index contributed by atoms with van der Waals surface area (Å²) in [6.45, 7) is 4.07. The van der Waals surface area contributed by atoms with Gasteiger partial charge in [0.1, 0.15) is 6.54 Å². The molecule has 3 aromatic rings. The monoisotopic (exact) mass is 490 g/mol. The van der Waals surface area contributed by atoms with E-state index >= 15 is 0 Å². The van der Waals surface area contributed by atoms with Crippen LogP contribution in [0.1, 0.15) is 40.2 Å². The maximum Gasteiger partial charge on any atom is 0.323 e. The van der Waals surface area contributed by atoms with Gasteiger partial charge in [-0.15, -0.1) is 0 Å². The quantitative estimate of drug-likeness (QED) is 0.305. The number of likely N-dealkylation sites (N-methyl/N-ethyl adjacent to an activating group) is 1. The van der Waals surface area contributed by atoms with Gasteiger partial charge in [0, 0.05) is 44.2 Å². The third-order valence-corrected chi connectivity index (χ3v) is 6.04. The average Bonchev–Trinajstić information content (AvgIpc) is 3.27. The van der Waals surface area contributed by atoms with Crippen molar-refractivity contribution in [2.45, 2.75) is 12.8 Å². The van der Waals surface area contributed by atoms with Gasteiger partial charge in [-0.3, -0.25) is 9.59 Å². The van der Waals surface area contributed by atoms with Crippen molar-refractivity contribution in [2.24, 2.45) is 12.0 Å². The summed E-state index contributed by atoms with van der Waals surface area (Å²) in [5.74, 6) is 0.254. The van der Waals surface area contributed by atoms with Gasteiger partial charge in [-0.05, 0) is 11.6 Å². The molecule has 0 radical (unpaired) electrons. The fraction of sp³-hybridized carbons (Fsp3) is 0.346. The average molecular weight is 491 g/mol. The number of hydrogen-bond donors (Lipinski definition) is 1. The Labute approximate surface area is 209 Å². The van der Waals surface area contributed by atoms with Gasteiger partial charge in [-0.2, -0.15) is 15.1 Å². The minimum atomic E-state index is -0.948. The van der Waals surface area contributed by atoms with E-state index in [-0.39, 0.29) is 18.2 Å². The maximum absolute atomic E-state index is 12.9. The smallest absolute Gasteiger partial charge is 0.323 e. The van der Waals surface area contributed by atoms with Gasteiger partial charge in [0.25, 0.3) is 5.95 Å². The van der Waals surface area contributed by atoms with Crippen molar-refractivity contribution in [3.05, 3.63) is 77.1 Å². The van der Waals surface area contributed by atoms with Crippen LogP contribution in [0.15, 0.2) is 59.6 Å². The number of rotatable bonds is 7. The Bertz CT molecular complexity index is 1250. The van der Waals surface area contributed by atoms with E-state index in [0.29, 0.717) is 55.2 Å². The molecule has 1 saturated heterocycles. The lowest BCUT2D eigenvalue weighted by Gasteiger charge is -2.33. The lowest BCUT2D eigenvalue weighted by molar-refractivity contribution is -0.137. The van der Waals surface area contributed by atoms with Crippen molar-refractivity contribution < 1.29 is 19.4 Å². The standard InChI is InChI=1S/C26H30N6O4/c1-18(20-10-7-11-21(16-20)23(35)19-8-5-4-6-9-19)24-27-25(31(3)29-24)28-26(30(2)17-22(33)34)32-12-14-36-15-13-32/h4-11,16,18H,12-15,17H2,1-3H3,(H,33,34). The van der Waals surface area contributed by atoms with Gasteiger partial charge in [0.05, 0.1) is 13.2 Å². The molecule has 2 aromatic carbocycles. The second kappa shape index (κ2) is 11.1. The lowest BCUT2D eigenvalue weighted by atomic mass is 9.95. The van der Waals surface area contributed by atoms with Crippen molar-refractivity contribution in [3.8, 4) is 0 Å². The Hall–Kier alpha value is -4.05. The van der Waals surface area contributed by atoms with Crippen LogP contribution in [0.25, 0.3) is 0 Å². The number of aliphatic imine (C=N–C) groups is 1. The van der Waals surface area contributed by atoms with Crippen LogP contribution in [0.2, 0.25) is 0 Å². The number of aliphatic carboxylic acids is 1. The Kier molecular flexibility index (Phi) is 7.74. The summed E-state index contributed by atoms with van der Waals surface area (Å²) >= 11 is 0. The van der Waals surface area contributed by atoms with Crippen molar-refractivity contribution in [1.82, 2.24) is 24.6 Å². The molecular weight excluding hydrogens is 460 g/mol. The Morgan fingerprint density at radius 2 is 1.81 bits per heavy atom. The van der Waals surface area contributed by atoms with Crippen LogP contribution in [-0.2, 0) is 16.6 Å². The van der Waals surface area contributed by atoms with E-state index in [4.69, 9.17) is 9.73 Å². The number of benzene rings is 2. The summed E-state index contributed by atoms with van der Waals surface area (Å²) in [5, 5.41) is 13.9. The maximum atomic E-state index is 12.9. The van der Waals surface area contributed by atoms with E-state index in [1.54, 1.807) is 41.9 Å². The van der Waals surface area contributed by atoms with Crippen LogP contribution in [0.5, 0.6) is 0 Å². The van der Waals surface area contributed by atoms with Gasteiger partial charge in [0.15, 0.2) is 11.6 Å². The van der Waals surface area contributed by atoms with Gasteiger partial charge < -0.3 is 19.6 Å². The summed E-state index contributed by atoms with van der Waals surface area (Å²) in [7, 11) is 3.45. The number of ether oxygens (including phenoxy) is 1. The summed E-state index contributed by atoms with van der Waals surface area (Å²) in [5.41, 5.74) is 2.15. The number of carboxylic acid groups (broad SMARTS) is 1. The van der Waals surface area contributed by atoms with E-state index < -0.39 is 5.97 Å². The SMILES string of the molecule is CC(c1cccc(C(=O)c2ccccc2)c1)c1nc(N=C(N(C)CC(=O)O)N2CCOCC2)n(C)n1. The highest BCUT2D eigenvalue weighted by Crippen LogP contribution is 2.25. The first-order chi connectivity index (χ1) is 17.3. The topological polar surface area (TPSA) is 113 Å². The number of nitrogens with zero attached hydrogens (tertiary/aromatic N) is 6. The fourth-order valence-electron chi connectivity index (χ4n) is 4.05. The second-order valence-electron chi connectivity index (χ2n) is 8.70. The fourth-order valence-corrected chi connectivity index (χ4v) is 4.05. The predicted octanol–water partition coefficient (Wildman–Crippen LogP) is 2.53. The molecule has 0 saturated carbocycles. The number of carboxylic acids is 1. The van der Waals surface area contributed by atoms with Crippen LogP contribution in [0.3, 0.4) is 0 Å². The molecule has 1 aromatic heterocycles. The summed E-state index contributed by atoms with van der Waals surface area (Å²) in [6.07, 6.45) is 0. The Morgan fingerprint density at radius 1 is 1.11 bits per heavy atom. The molecule has 0 amide bonds. The van der Waals surface area contributed by atoms with Gasteiger partial charge in [0.2, 0.25) is 5.96 Å². The molecule has 1 N–H and O–H groups in total. The molecule has 36 heavy (non-hydrogen) atoms. The molecule has 2 heterocycles. The van der Waals surface area contributed by atoms with Crippen molar-refractivity contribution in [3.63, 3.8) is 0 Å². The number of ketones is 1. The number of morpholine rings is 1. The molecule has 1 unspecified atom stereocenters. The minimum absolute atomic E-state index is 0.0412. The molecule has 4 rings (SSSR count). The number of hydrogen-bond acceptors (Lipinski definition) is 6. The van der Waals surface area contributed by atoms with Crippen LogP contribution >= 0.6 is 0 Å². The van der Waals surface area contributed by atoms with Crippen molar-refractivity contribution in [1.29, 1.82) is 0 Å². The zero-order valence-corrected chi connectivity index (χ0v) is 20.7. The molecule has 0 bridgehead atoms. The summed E-state index contributed by atoms with van der Waals surface area (Å²) < 4.78 is 7.02. The number of carbonyl (C=O) groups excluding carboxylic acids is 1. The molecule has 1 atom stereocenters. The molecule has 10 nitrogen and oxygen atoms in total. The molecule has 0 aliphatic carbocycles. The molecule has 10 heteroatoms. The normalized spacial score (nSPS) is 15.0. The summed E-state index contributed by atoms with van der Waals surface area (Å²) in [6, 6.07) is 16.7. The molecule has 1 aliphatic heterocycles. The van der Waals surface area contributed by atoms with Gasteiger partial charge in [-0.25, -0.2) is 4.68 Å². The molecular formula is C26H30N6O4. The highest BCUT2D eigenvalue weighted by molar-refractivity contribution is 6.09. The number of carbonyl (C=O) groups is 2. The zero-order chi connectivity index (χ0) is 25.7. The molecule has 0 spiro atoms. The third-order valence-electron chi connectivity index (χ3n) is 6.04. The van der Waals surface area contributed by atoms with E-state index in [1.165, 1.54) is 0 Å². The van der Waals surface area contributed by atoms with Crippen molar-refractivity contribution >= 4 is 23.7 Å². The molecule has 1 aliphatic rings. The largest absolute Gasteiger partial charge is 0.480 e. The Balaban J connectivity index is 1.61. The number of guanidine groups is 1. The predicted molar refractivity (Wildman–Crippen MR) is 135 cm³/mol. The van der Waals surface area contributed by atoms with Crippen molar-refractivity contribution in [2.75, 3.05) is 39.9 Å². The first-order valence-electron chi connectivity index (χ1n) is 11.8. The summed E-state index contributed by atoms with van der Waals surface area (Å²) in [4.78, 5) is 37.2. The Morgan fingerprint density at radius 3 is 2.50 bits per heavy atom. The van der Waals surface area contributed by atoms with E-state index in [2.05, 4.69) is 10.1 Å². The molecule has 188 valence electrons. The third kappa shape index (κ3) is 5.77. The van der Waals surface area contributed by atoms with E-state index in [9.17, 15) is 14.7 Å². The number of aryl methyl sites for hydroxylation is 1. The van der Waals surface area contributed by atoms with Crippen LogP contribution in [-0.4, -0.2) is 87.3 Å². The zero-order valence-electron chi connectivity index (χ0n) is 20.7. The minimum Gasteiger partial charge on any atom is -0.480 e. The van der Waals surface area contributed by atoms with Crippen LogP contribution in [0.4, 0.5) is 5.95 Å². The first kappa shape index (κ1) is 25.1. The number of aromatic nitrogens is 3. The van der Waals surface area contributed by atoms with Crippen LogP contribution < -0.4 is 0 Å². The highest BCUT2D eigenvalue weighted by atomic mass is 16.5. The van der Waals surface area contributed by atoms with Gasteiger partial charge in [-0.1, -0.05) is 55.5 Å². The van der Waals surface area contributed by atoms with Gasteiger partial charge >= 0.3 is 5.97 Å². The first-order valence-corrected chi connectivity index (χ1v) is 11.8.